The number of amides is 1. The van der Waals surface area contributed by atoms with Gasteiger partial charge in [0.2, 0.25) is 5.91 Å². The molecular formula is C10H19N3OS. The average Bonchev–Trinajstić information content (AvgIpc) is 2.27. The normalized spacial score (nSPS) is 19.5. The van der Waals surface area contributed by atoms with Gasteiger partial charge in [0.05, 0.1) is 6.54 Å². The zero-order chi connectivity index (χ0) is 11.3. The molecule has 0 saturated carbocycles. The van der Waals surface area contributed by atoms with E-state index in [2.05, 4.69) is 24.2 Å². The van der Waals surface area contributed by atoms with Gasteiger partial charge < -0.3 is 11.1 Å². The van der Waals surface area contributed by atoms with Crippen molar-refractivity contribution in [2.24, 2.45) is 16.1 Å². The van der Waals surface area contributed by atoms with Crippen LogP contribution in [0.25, 0.3) is 0 Å². The smallest absolute Gasteiger partial charge is 0.236 e. The van der Waals surface area contributed by atoms with E-state index in [0.29, 0.717) is 5.41 Å². The zero-order valence-electron chi connectivity index (χ0n) is 9.38. The highest BCUT2D eigenvalue weighted by Crippen LogP contribution is 2.34. The first-order chi connectivity index (χ1) is 7.12. The van der Waals surface area contributed by atoms with Gasteiger partial charge in [-0.05, 0) is 18.3 Å². The van der Waals surface area contributed by atoms with Gasteiger partial charge in [0.15, 0.2) is 5.17 Å². The summed E-state index contributed by atoms with van der Waals surface area (Å²) < 4.78 is 0. The number of carbonyl (C=O) groups excluding carboxylic acids is 1. The fraction of sp³-hybridized carbons (Fsp3) is 0.800. The van der Waals surface area contributed by atoms with Gasteiger partial charge in [0.25, 0.3) is 0 Å². The first-order valence-electron chi connectivity index (χ1n) is 5.31. The van der Waals surface area contributed by atoms with Gasteiger partial charge in [0, 0.05) is 12.3 Å². The SMILES string of the molecule is CCC1(CC)CN=C(NCC(N)=O)SC1. The van der Waals surface area contributed by atoms with Gasteiger partial charge in [-0.1, -0.05) is 25.6 Å². The second kappa shape index (κ2) is 5.39. The molecule has 15 heavy (non-hydrogen) atoms. The van der Waals surface area contributed by atoms with Gasteiger partial charge >= 0.3 is 0 Å². The number of thioether (sulfide) groups is 1. The van der Waals surface area contributed by atoms with E-state index in [1.807, 2.05) is 0 Å². The lowest BCUT2D eigenvalue weighted by atomic mass is 9.84. The maximum absolute atomic E-state index is 10.6. The molecule has 0 unspecified atom stereocenters. The zero-order valence-corrected chi connectivity index (χ0v) is 10.2. The molecule has 0 aromatic rings. The molecule has 0 saturated heterocycles. The molecular weight excluding hydrogens is 210 g/mol. The van der Waals surface area contributed by atoms with Crippen LogP contribution in [-0.2, 0) is 4.79 Å². The molecule has 1 heterocycles. The molecule has 0 atom stereocenters. The Morgan fingerprint density at radius 3 is 2.67 bits per heavy atom. The van der Waals surface area contributed by atoms with Crippen LogP contribution in [0.15, 0.2) is 4.99 Å². The van der Waals surface area contributed by atoms with E-state index in [1.165, 1.54) is 0 Å². The second-order valence-electron chi connectivity index (χ2n) is 3.94. The van der Waals surface area contributed by atoms with Crippen LogP contribution >= 0.6 is 11.8 Å². The van der Waals surface area contributed by atoms with Crippen LogP contribution < -0.4 is 11.1 Å². The van der Waals surface area contributed by atoms with Gasteiger partial charge in [0.1, 0.15) is 0 Å². The Morgan fingerprint density at radius 1 is 1.60 bits per heavy atom. The minimum Gasteiger partial charge on any atom is -0.368 e. The molecule has 0 aliphatic carbocycles. The molecule has 1 aliphatic rings. The molecule has 0 aromatic heterocycles. The van der Waals surface area contributed by atoms with E-state index in [0.717, 1.165) is 30.3 Å². The summed E-state index contributed by atoms with van der Waals surface area (Å²) in [5.41, 5.74) is 5.40. The van der Waals surface area contributed by atoms with Gasteiger partial charge in [-0.25, -0.2) is 0 Å². The molecule has 0 spiro atoms. The maximum atomic E-state index is 10.6. The van der Waals surface area contributed by atoms with Crippen LogP contribution in [0.1, 0.15) is 26.7 Å². The number of nitrogens with one attached hydrogen (secondary N) is 1. The molecule has 0 radical (unpaired) electrons. The molecule has 4 nitrogen and oxygen atoms in total. The number of rotatable bonds is 4. The van der Waals surface area contributed by atoms with Crippen LogP contribution in [0.2, 0.25) is 0 Å². The summed E-state index contributed by atoms with van der Waals surface area (Å²) in [5, 5.41) is 3.80. The third-order valence-corrected chi connectivity index (χ3v) is 4.29. The third-order valence-electron chi connectivity index (χ3n) is 2.99. The Balaban J connectivity index is 2.47. The van der Waals surface area contributed by atoms with E-state index in [1.54, 1.807) is 11.8 Å². The van der Waals surface area contributed by atoms with Crippen molar-refractivity contribution in [1.29, 1.82) is 0 Å². The van der Waals surface area contributed by atoms with Gasteiger partial charge in [-0.3, -0.25) is 9.79 Å². The molecule has 1 aliphatic heterocycles. The van der Waals surface area contributed by atoms with Crippen molar-refractivity contribution < 1.29 is 4.79 Å². The Kier molecular flexibility index (Phi) is 4.45. The molecule has 1 amide bonds. The highest BCUT2D eigenvalue weighted by Gasteiger charge is 2.29. The standard InChI is InChI=1S/C10H19N3OS/c1-3-10(4-2)6-13-9(15-7-10)12-5-8(11)14/h3-7H2,1-2H3,(H2,11,14)(H,12,13). The fourth-order valence-corrected chi connectivity index (χ4v) is 2.77. The lowest BCUT2D eigenvalue weighted by Gasteiger charge is -2.33. The molecule has 5 heteroatoms. The Labute approximate surface area is 95.1 Å². The summed E-state index contributed by atoms with van der Waals surface area (Å²) in [6.45, 7) is 5.45. The number of amidine groups is 1. The van der Waals surface area contributed by atoms with Gasteiger partial charge in [-0.2, -0.15) is 0 Å². The topological polar surface area (TPSA) is 67.5 Å². The largest absolute Gasteiger partial charge is 0.368 e. The summed E-state index contributed by atoms with van der Waals surface area (Å²) >= 11 is 1.69. The van der Waals surface area contributed by atoms with Gasteiger partial charge in [-0.15, -0.1) is 0 Å². The summed E-state index contributed by atoms with van der Waals surface area (Å²) in [6.07, 6.45) is 2.31. The molecule has 0 fully saturated rings. The van der Waals surface area contributed by atoms with Crippen molar-refractivity contribution in [1.82, 2.24) is 5.32 Å². The molecule has 86 valence electrons. The summed E-state index contributed by atoms with van der Waals surface area (Å²) in [5.74, 6) is 0.728. The highest BCUT2D eigenvalue weighted by atomic mass is 32.2. The summed E-state index contributed by atoms with van der Waals surface area (Å²) in [6, 6.07) is 0. The number of hydrogen-bond acceptors (Lipinski definition) is 4. The van der Waals surface area contributed by atoms with Crippen LogP contribution in [0, 0.1) is 5.41 Å². The Morgan fingerprint density at radius 2 is 2.27 bits per heavy atom. The van der Waals surface area contributed by atoms with Crippen LogP contribution in [-0.4, -0.2) is 29.9 Å². The quantitative estimate of drug-likeness (QED) is 0.755. The Bertz CT molecular complexity index is 261. The maximum Gasteiger partial charge on any atom is 0.236 e. The number of aliphatic imine (C=N–C) groups is 1. The van der Waals surface area contributed by atoms with Crippen molar-refractivity contribution in [3.63, 3.8) is 0 Å². The number of carbonyl (C=O) groups is 1. The van der Waals surface area contributed by atoms with E-state index < -0.39 is 0 Å². The average molecular weight is 229 g/mol. The third kappa shape index (κ3) is 3.41. The molecule has 1 rings (SSSR count). The summed E-state index contributed by atoms with van der Waals surface area (Å²) in [4.78, 5) is 15.0. The Hall–Kier alpha value is -0.710. The first kappa shape index (κ1) is 12.4. The predicted molar refractivity (Wildman–Crippen MR) is 65.0 cm³/mol. The minimum atomic E-state index is -0.346. The molecule has 0 aromatic carbocycles. The summed E-state index contributed by atoms with van der Waals surface area (Å²) in [7, 11) is 0. The van der Waals surface area contributed by atoms with Crippen LogP contribution in [0.5, 0.6) is 0 Å². The van der Waals surface area contributed by atoms with Crippen LogP contribution in [0.3, 0.4) is 0 Å². The lowest BCUT2D eigenvalue weighted by molar-refractivity contribution is -0.116. The molecule has 3 N–H and O–H groups in total. The number of nitrogens with two attached hydrogens (primary N) is 1. The number of hydrogen-bond donors (Lipinski definition) is 2. The van der Waals surface area contributed by atoms with Crippen molar-refractivity contribution in [3.05, 3.63) is 0 Å². The monoisotopic (exact) mass is 229 g/mol. The van der Waals surface area contributed by atoms with Crippen molar-refractivity contribution in [3.8, 4) is 0 Å². The van der Waals surface area contributed by atoms with E-state index in [4.69, 9.17) is 5.73 Å². The highest BCUT2D eigenvalue weighted by molar-refractivity contribution is 8.13. The fourth-order valence-electron chi connectivity index (χ4n) is 1.50. The van der Waals surface area contributed by atoms with Crippen LogP contribution in [0.4, 0.5) is 0 Å². The predicted octanol–water partition coefficient (Wildman–Crippen LogP) is 0.971. The van der Waals surface area contributed by atoms with E-state index in [-0.39, 0.29) is 12.5 Å². The lowest BCUT2D eigenvalue weighted by Crippen LogP contribution is -2.37. The number of primary amides is 1. The second-order valence-corrected chi connectivity index (χ2v) is 4.90. The van der Waals surface area contributed by atoms with Crippen molar-refractivity contribution in [2.45, 2.75) is 26.7 Å². The van der Waals surface area contributed by atoms with Crippen molar-refractivity contribution >= 4 is 22.8 Å². The molecule has 0 bridgehead atoms. The minimum absolute atomic E-state index is 0.178. The van der Waals surface area contributed by atoms with E-state index >= 15 is 0 Å². The first-order valence-corrected chi connectivity index (χ1v) is 6.30. The van der Waals surface area contributed by atoms with Crippen molar-refractivity contribution in [2.75, 3.05) is 18.8 Å². The number of nitrogens with zero attached hydrogens (tertiary/aromatic N) is 1. The van der Waals surface area contributed by atoms with E-state index in [9.17, 15) is 4.79 Å².